The van der Waals surface area contributed by atoms with Gasteiger partial charge in [0.2, 0.25) is 0 Å². The lowest BCUT2D eigenvalue weighted by Crippen LogP contribution is -2.60. The van der Waals surface area contributed by atoms with Gasteiger partial charge in [-0.15, -0.1) is 0 Å². The summed E-state index contributed by atoms with van der Waals surface area (Å²) < 4.78 is 11.4. The third kappa shape index (κ3) is 2.57. The Morgan fingerprint density at radius 2 is 1.64 bits per heavy atom. The first-order valence-corrected chi connectivity index (χ1v) is 7.42. The fourth-order valence-corrected chi connectivity index (χ4v) is 5.64. The lowest BCUT2D eigenvalue weighted by molar-refractivity contribution is 0.209. The second kappa shape index (κ2) is 5.26. The smallest absolute Gasteiger partial charge is 0.386 e. The molecule has 14 heavy (non-hydrogen) atoms. The molecule has 1 aliphatic rings. The van der Waals surface area contributed by atoms with Crippen LogP contribution < -0.4 is 4.98 Å². The minimum absolute atomic E-state index is 0.433. The molecule has 0 amide bonds. The van der Waals surface area contributed by atoms with Gasteiger partial charge in [-0.2, -0.15) is 0 Å². The fraction of sp³-hybridized carbons (Fsp3) is 1.00. The molecule has 1 aliphatic carbocycles. The zero-order valence-corrected chi connectivity index (χ0v) is 10.8. The molecule has 1 saturated carbocycles. The molecule has 0 bridgehead atoms. The molecule has 0 spiro atoms. The van der Waals surface area contributed by atoms with Gasteiger partial charge >= 0.3 is 8.72 Å². The molecule has 0 radical (unpaired) electrons. The van der Waals surface area contributed by atoms with Crippen molar-refractivity contribution < 1.29 is 8.85 Å². The number of rotatable bonds is 5. The standard InChI is InChI=1S/C10H23NO2Si/c1-9(2)11-14(12-3,13-4)10-7-5-6-8-10/h9-11H,5-8H2,1-4H3. The second-order valence-electron chi connectivity index (χ2n) is 4.36. The van der Waals surface area contributed by atoms with Crippen LogP contribution in [0.4, 0.5) is 0 Å². The van der Waals surface area contributed by atoms with Crippen LogP contribution in [0.3, 0.4) is 0 Å². The van der Waals surface area contributed by atoms with Gasteiger partial charge in [-0.05, 0) is 18.9 Å². The van der Waals surface area contributed by atoms with Crippen molar-refractivity contribution in [3.63, 3.8) is 0 Å². The lowest BCUT2D eigenvalue weighted by atomic mass is 10.4. The molecule has 1 rings (SSSR count). The van der Waals surface area contributed by atoms with Gasteiger partial charge in [0.1, 0.15) is 0 Å². The highest BCUT2D eigenvalue weighted by Crippen LogP contribution is 2.37. The first kappa shape index (κ1) is 12.2. The van der Waals surface area contributed by atoms with Gasteiger partial charge in [0.25, 0.3) is 0 Å². The van der Waals surface area contributed by atoms with Crippen molar-refractivity contribution >= 4 is 8.72 Å². The first-order chi connectivity index (χ1) is 6.64. The molecule has 0 aromatic rings. The van der Waals surface area contributed by atoms with E-state index in [0.29, 0.717) is 11.6 Å². The minimum atomic E-state index is -2.12. The fourth-order valence-electron chi connectivity index (χ4n) is 2.36. The monoisotopic (exact) mass is 217 g/mol. The van der Waals surface area contributed by atoms with Crippen molar-refractivity contribution in [1.82, 2.24) is 4.98 Å². The van der Waals surface area contributed by atoms with E-state index in [4.69, 9.17) is 8.85 Å². The van der Waals surface area contributed by atoms with E-state index in [9.17, 15) is 0 Å². The molecule has 0 aromatic heterocycles. The summed E-state index contributed by atoms with van der Waals surface area (Å²) in [6.07, 6.45) is 5.17. The van der Waals surface area contributed by atoms with Crippen molar-refractivity contribution in [2.45, 2.75) is 51.1 Å². The molecule has 3 nitrogen and oxygen atoms in total. The van der Waals surface area contributed by atoms with Crippen LogP contribution >= 0.6 is 0 Å². The third-order valence-electron chi connectivity index (χ3n) is 2.99. The van der Waals surface area contributed by atoms with E-state index in [-0.39, 0.29) is 0 Å². The van der Waals surface area contributed by atoms with E-state index in [1.807, 2.05) is 0 Å². The Morgan fingerprint density at radius 3 is 2.00 bits per heavy atom. The third-order valence-corrected chi connectivity index (χ3v) is 6.83. The Hall–Kier alpha value is 0.0969. The second-order valence-corrected chi connectivity index (χ2v) is 7.61. The summed E-state index contributed by atoms with van der Waals surface area (Å²) in [6, 6.07) is 0.433. The van der Waals surface area contributed by atoms with Gasteiger partial charge < -0.3 is 8.85 Å². The van der Waals surface area contributed by atoms with E-state index in [0.717, 1.165) is 0 Å². The van der Waals surface area contributed by atoms with Crippen LogP contribution in [-0.2, 0) is 8.85 Å². The van der Waals surface area contributed by atoms with Gasteiger partial charge in [-0.1, -0.05) is 26.7 Å². The Kier molecular flexibility index (Phi) is 4.57. The number of hydrogen-bond acceptors (Lipinski definition) is 3. The molecule has 0 aliphatic heterocycles. The summed E-state index contributed by atoms with van der Waals surface area (Å²) in [4.78, 5) is 3.53. The largest absolute Gasteiger partial charge is 0.427 e. The van der Waals surface area contributed by atoms with E-state index in [1.54, 1.807) is 14.2 Å². The molecule has 1 fully saturated rings. The SMILES string of the molecule is CO[Si](NC(C)C)(OC)C1CCCC1. The van der Waals surface area contributed by atoms with Crippen LogP contribution in [-0.4, -0.2) is 29.0 Å². The van der Waals surface area contributed by atoms with Crippen LogP contribution in [0, 0.1) is 0 Å². The lowest BCUT2D eigenvalue weighted by Gasteiger charge is -2.34. The van der Waals surface area contributed by atoms with Crippen LogP contribution in [0.25, 0.3) is 0 Å². The highest BCUT2D eigenvalue weighted by Gasteiger charge is 2.46. The van der Waals surface area contributed by atoms with Crippen molar-refractivity contribution in [3.8, 4) is 0 Å². The van der Waals surface area contributed by atoms with Gasteiger partial charge in [0, 0.05) is 19.8 Å². The summed E-state index contributed by atoms with van der Waals surface area (Å²) in [5, 5.41) is 0. The van der Waals surface area contributed by atoms with E-state index in [1.165, 1.54) is 25.7 Å². The summed E-state index contributed by atoms with van der Waals surface area (Å²) in [5.74, 6) is 0. The first-order valence-electron chi connectivity index (χ1n) is 5.52. The van der Waals surface area contributed by atoms with Crippen LogP contribution in [0.5, 0.6) is 0 Å². The summed E-state index contributed by atoms with van der Waals surface area (Å²) in [6.45, 7) is 4.30. The Balaban J connectivity index is 2.67. The molecule has 0 atom stereocenters. The molecule has 4 heteroatoms. The molecule has 0 aromatic carbocycles. The number of nitrogens with one attached hydrogen (secondary N) is 1. The van der Waals surface area contributed by atoms with Crippen LogP contribution in [0.15, 0.2) is 0 Å². The van der Waals surface area contributed by atoms with Crippen LogP contribution in [0.1, 0.15) is 39.5 Å². The summed E-state index contributed by atoms with van der Waals surface area (Å²) in [7, 11) is 1.44. The van der Waals surface area contributed by atoms with Gasteiger partial charge in [-0.3, -0.25) is 4.98 Å². The molecule has 1 N–H and O–H groups in total. The van der Waals surface area contributed by atoms with Gasteiger partial charge in [0.15, 0.2) is 0 Å². The van der Waals surface area contributed by atoms with Crippen molar-refractivity contribution in [2.75, 3.05) is 14.2 Å². The predicted octanol–water partition coefficient (Wildman–Crippen LogP) is 2.16. The Labute approximate surface area is 88.5 Å². The zero-order valence-electron chi connectivity index (χ0n) is 9.80. The van der Waals surface area contributed by atoms with Crippen molar-refractivity contribution in [2.24, 2.45) is 0 Å². The minimum Gasteiger partial charge on any atom is -0.386 e. The van der Waals surface area contributed by atoms with Gasteiger partial charge in [0.05, 0.1) is 0 Å². The average Bonchev–Trinajstić information content (AvgIpc) is 2.67. The molecule has 0 saturated heterocycles. The highest BCUT2D eigenvalue weighted by atomic mass is 28.4. The summed E-state index contributed by atoms with van der Waals surface area (Å²) in [5.41, 5.74) is 0.625. The molecular weight excluding hydrogens is 194 g/mol. The average molecular weight is 217 g/mol. The predicted molar refractivity (Wildman–Crippen MR) is 60.3 cm³/mol. The normalized spacial score (nSPS) is 19.5. The van der Waals surface area contributed by atoms with E-state index in [2.05, 4.69) is 18.8 Å². The summed E-state index contributed by atoms with van der Waals surface area (Å²) >= 11 is 0. The van der Waals surface area contributed by atoms with E-state index < -0.39 is 8.72 Å². The topological polar surface area (TPSA) is 30.5 Å². The maximum atomic E-state index is 5.69. The maximum absolute atomic E-state index is 5.69. The number of hydrogen-bond donors (Lipinski definition) is 1. The Bertz CT molecular complexity index is 166. The quantitative estimate of drug-likeness (QED) is 0.716. The molecular formula is C10H23NO2Si. The van der Waals surface area contributed by atoms with Crippen LogP contribution in [0.2, 0.25) is 5.54 Å². The highest BCUT2D eigenvalue weighted by molar-refractivity contribution is 6.66. The zero-order chi connectivity index (χ0) is 10.6. The van der Waals surface area contributed by atoms with E-state index >= 15 is 0 Å². The molecule has 84 valence electrons. The molecule has 0 heterocycles. The van der Waals surface area contributed by atoms with Crippen molar-refractivity contribution in [3.05, 3.63) is 0 Å². The molecule has 0 unspecified atom stereocenters. The Morgan fingerprint density at radius 1 is 1.14 bits per heavy atom. The van der Waals surface area contributed by atoms with Gasteiger partial charge in [-0.25, -0.2) is 0 Å². The van der Waals surface area contributed by atoms with Crippen molar-refractivity contribution in [1.29, 1.82) is 0 Å². The maximum Gasteiger partial charge on any atom is 0.427 e.